The molecule has 18 heavy (non-hydrogen) atoms. The Labute approximate surface area is 106 Å². The molecule has 0 aromatic heterocycles. The van der Waals surface area contributed by atoms with Gasteiger partial charge < -0.3 is 14.8 Å². The molecule has 0 heterocycles. The van der Waals surface area contributed by atoms with E-state index in [1.54, 1.807) is 44.4 Å². The molecule has 5 heteroatoms. The van der Waals surface area contributed by atoms with E-state index in [-0.39, 0.29) is 12.2 Å². The zero-order valence-electron chi connectivity index (χ0n) is 10.3. The van der Waals surface area contributed by atoms with Crippen LogP contribution in [0.1, 0.15) is 6.92 Å². The Kier molecular flexibility index (Phi) is 5.26. The SMILES string of the molecule is CCOC(=O)/C(C#N)=C/Nc1cccc(OC)c1. The van der Waals surface area contributed by atoms with Crippen molar-refractivity contribution in [1.29, 1.82) is 5.26 Å². The Balaban J connectivity index is 2.77. The monoisotopic (exact) mass is 246 g/mol. The summed E-state index contributed by atoms with van der Waals surface area (Å²) in [5.41, 5.74) is 0.631. The van der Waals surface area contributed by atoms with Gasteiger partial charge >= 0.3 is 5.97 Å². The summed E-state index contributed by atoms with van der Waals surface area (Å²) < 4.78 is 9.79. The Hall–Kier alpha value is -2.48. The van der Waals surface area contributed by atoms with Gasteiger partial charge in [-0.1, -0.05) is 6.07 Å². The molecule has 0 atom stereocenters. The van der Waals surface area contributed by atoms with Crippen LogP contribution in [0, 0.1) is 11.3 Å². The summed E-state index contributed by atoms with van der Waals surface area (Å²) in [4.78, 5) is 11.3. The summed E-state index contributed by atoms with van der Waals surface area (Å²) in [6.07, 6.45) is 1.31. The number of hydrogen-bond acceptors (Lipinski definition) is 5. The van der Waals surface area contributed by atoms with Crippen LogP contribution >= 0.6 is 0 Å². The molecular weight excluding hydrogens is 232 g/mol. The summed E-state index contributed by atoms with van der Waals surface area (Å²) >= 11 is 0. The van der Waals surface area contributed by atoms with E-state index in [0.29, 0.717) is 11.4 Å². The van der Waals surface area contributed by atoms with Gasteiger partial charge in [0.2, 0.25) is 0 Å². The van der Waals surface area contributed by atoms with Crippen molar-refractivity contribution in [3.8, 4) is 11.8 Å². The second-order valence-electron chi connectivity index (χ2n) is 3.27. The quantitative estimate of drug-likeness (QED) is 0.489. The van der Waals surface area contributed by atoms with E-state index in [2.05, 4.69) is 5.32 Å². The first-order chi connectivity index (χ1) is 8.71. The Morgan fingerprint density at radius 3 is 2.94 bits per heavy atom. The minimum Gasteiger partial charge on any atom is -0.497 e. The van der Waals surface area contributed by atoms with E-state index in [4.69, 9.17) is 14.7 Å². The third kappa shape index (κ3) is 3.83. The van der Waals surface area contributed by atoms with Gasteiger partial charge in [-0.3, -0.25) is 0 Å². The van der Waals surface area contributed by atoms with Gasteiger partial charge in [0.1, 0.15) is 11.8 Å². The predicted molar refractivity (Wildman–Crippen MR) is 66.9 cm³/mol. The van der Waals surface area contributed by atoms with Crippen molar-refractivity contribution in [3.63, 3.8) is 0 Å². The van der Waals surface area contributed by atoms with Crippen LogP contribution in [-0.4, -0.2) is 19.7 Å². The summed E-state index contributed by atoms with van der Waals surface area (Å²) in [5, 5.41) is 11.7. The van der Waals surface area contributed by atoms with Crippen LogP contribution in [0.5, 0.6) is 5.75 Å². The lowest BCUT2D eigenvalue weighted by molar-refractivity contribution is -0.138. The van der Waals surface area contributed by atoms with Gasteiger partial charge in [-0.15, -0.1) is 0 Å². The molecule has 0 saturated carbocycles. The van der Waals surface area contributed by atoms with Crippen molar-refractivity contribution in [2.45, 2.75) is 6.92 Å². The molecule has 1 aromatic rings. The number of ether oxygens (including phenoxy) is 2. The number of nitriles is 1. The number of methoxy groups -OCH3 is 1. The molecule has 0 spiro atoms. The summed E-state index contributed by atoms with van der Waals surface area (Å²) in [7, 11) is 1.56. The first-order valence-corrected chi connectivity index (χ1v) is 5.39. The summed E-state index contributed by atoms with van der Waals surface area (Å²) in [6.45, 7) is 1.92. The topological polar surface area (TPSA) is 71.4 Å². The fourth-order valence-electron chi connectivity index (χ4n) is 1.21. The fourth-order valence-corrected chi connectivity index (χ4v) is 1.21. The normalized spacial score (nSPS) is 10.4. The number of anilines is 1. The molecule has 0 saturated heterocycles. The van der Waals surface area contributed by atoms with Crippen molar-refractivity contribution < 1.29 is 14.3 Å². The number of benzene rings is 1. The average Bonchev–Trinajstić information content (AvgIpc) is 2.40. The van der Waals surface area contributed by atoms with Gasteiger partial charge in [-0.2, -0.15) is 5.26 Å². The van der Waals surface area contributed by atoms with E-state index >= 15 is 0 Å². The van der Waals surface area contributed by atoms with E-state index < -0.39 is 5.97 Å². The van der Waals surface area contributed by atoms with E-state index in [9.17, 15) is 4.79 Å². The lowest BCUT2D eigenvalue weighted by atomic mass is 10.3. The zero-order chi connectivity index (χ0) is 13.4. The van der Waals surface area contributed by atoms with Gasteiger partial charge in [-0.05, 0) is 19.1 Å². The van der Waals surface area contributed by atoms with Crippen LogP contribution in [0.25, 0.3) is 0 Å². The lowest BCUT2D eigenvalue weighted by Gasteiger charge is -2.04. The predicted octanol–water partition coefficient (Wildman–Crippen LogP) is 2.08. The largest absolute Gasteiger partial charge is 0.497 e. The third-order valence-electron chi connectivity index (χ3n) is 2.07. The molecule has 1 aromatic carbocycles. The molecule has 0 unspecified atom stereocenters. The minimum atomic E-state index is -0.643. The van der Waals surface area contributed by atoms with Crippen molar-refractivity contribution in [1.82, 2.24) is 0 Å². The van der Waals surface area contributed by atoms with Crippen molar-refractivity contribution in [2.24, 2.45) is 0 Å². The van der Waals surface area contributed by atoms with Gasteiger partial charge in [0.15, 0.2) is 5.57 Å². The highest BCUT2D eigenvalue weighted by Crippen LogP contribution is 2.16. The second kappa shape index (κ2) is 6.97. The molecule has 0 aliphatic rings. The molecule has 0 amide bonds. The molecule has 0 aliphatic carbocycles. The Morgan fingerprint density at radius 1 is 1.56 bits per heavy atom. The first-order valence-electron chi connectivity index (χ1n) is 5.39. The molecule has 0 aliphatic heterocycles. The number of nitrogens with zero attached hydrogens (tertiary/aromatic N) is 1. The van der Waals surface area contributed by atoms with Crippen LogP contribution < -0.4 is 10.1 Å². The van der Waals surface area contributed by atoms with Crippen molar-refractivity contribution in [2.75, 3.05) is 19.0 Å². The Bertz CT molecular complexity index is 489. The minimum absolute atomic E-state index is 0.0836. The third-order valence-corrected chi connectivity index (χ3v) is 2.07. The zero-order valence-corrected chi connectivity index (χ0v) is 10.3. The van der Waals surface area contributed by atoms with Crippen molar-refractivity contribution >= 4 is 11.7 Å². The number of nitrogens with one attached hydrogen (secondary N) is 1. The van der Waals surface area contributed by atoms with Crippen LogP contribution in [0.3, 0.4) is 0 Å². The van der Waals surface area contributed by atoms with Crippen LogP contribution in [0.4, 0.5) is 5.69 Å². The molecule has 0 fully saturated rings. The highest BCUT2D eigenvalue weighted by atomic mass is 16.5. The molecule has 0 radical (unpaired) electrons. The van der Waals surface area contributed by atoms with Gasteiger partial charge in [-0.25, -0.2) is 4.79 Å². The molecule has 1 rings (SSSR count). The van der Waals surface area contributed by atoms with Gasteiger partial charge in [0.25, 0.3) is 0 Å². The molecule has 0 bridgehead atoms. The van der Waals surface area contributed by atoms with Crippen LogP contribution in [-0.2, 0) is 9.53 Å². The average molecular weight is 246 g/mol. The van der Waals surface area contributed by atoms with Crippen LogP contribution in [0.2, 0.25) is 0 Å². The maximum absolute atomic E-state index is 11.3. The number of esters is 1. The van der Waals surface area contributed by atoms with Gasteiger partial charge in [0.05, 0.1) is 13.7 Å². The first kappa shape index (κ1) is 13.6. The number of carbonyl (C=O) groups is 1. The van der Waals surface area contributed by atoms with E-state index in [1.807, 2.05) is 0 Å². The maximum atomic E-state index is 11.3. The molecule has 94 valence electrons. The van der Waals surface area contributed by atoms with E-state index in [0.717, 1.165) is 0 Å². The number of rotatable bonds is 5. The standard InChI is InChI=1S/C13H14N2O3/c1-3-18-13(16)10(8-14)9-15-11-5-4-6-12(7-11)17-2/h4-7,9,15H,3H2,1-2H3/b10-9+. The number of carbonyl (C=O) groups excluding carboxylic acids is 1. The second-order valence-corrected chi connectivity index (χ2v) is 3.27. The smallest absolute Gasteiger partial charge is 0.350 e. The lowest BCUT2D eigenvalue weighted by Crippen LogP contribution is -2.07. The van der Waals surface area contributed by atoms with Crippen molar-refractivity contribution in [3.05, 3.63) is 36.0 Å². The number of hydrogen-bond donors (Lipinski definition) is 1. The summed E-state index contributed by atoms with van der Waals surface area (Å²) in [6, 6.07) is 8.91. The highest BCUT2D eigenvalue weighted by molar-refractivity contribution is 5.93. The molecular formula is C13H14N2O3. The summed E-state index contributed by atoms with van der Waals surface area (Å²) in [5.74, 6) is 0.0402. The maximum Gasteiger partial charge on any atom is 0.350 e. The highest BCUT2D eigenvalue weighted by Gasteiger charge is 2.08. The fraction of sp³-hybridized carbons (Fsp3) is 0.231. The van der Waals surface area contributed by atoms with Gasteiger partial charge in [0, 0.05) is 18.0 Å². The van der Waals surface area contributed by atoms with E-state index in [1.165, 1.54) is 6.20 Å². The Morgan fingerprint density at radius 2 is 2.33 bits per heavy atom. The van der Waals surface area contributed by atoms with Crippen LogP contribution in [0.15, 0.2) is 36.0 Å². The molecule has 1 N–H and O–H groups in total. The molecule has 5 nitrogen and oxygen atoms in total.